The van der Waals surface area contributed by atoms with Crippen LogP contribution in [0.2, 0.25) is 0 Å². The number of hydrogen-bond donors (Lipinski definition) is 0. The van der Waals surface area contributed by atoms with Gasteiger partial charge in [-0.1, -0.05) is 13.0 Å². The molecular formula is C12H16N2O. The van der Waals surface area contributed by atoms with Crippen LogP contribution in [-0.4, -0.2) is 29.3 Å². The monoisotopic (exact) mass is 204 g/mol. The summed E-state index contributed by atoms with van der Waals surface area (Å²) in [5.74, 6) is 0.136. The number of carbonyl (C=O) groups excluding carboxylic acids is 1. The number of ketones is 1. The number of pyridine rings is 1. The van der Waals surface area contributed by atoms with Crippen molar-refractivity contribution in [1.29, 1.82) is 0 Å². The lowest BCUT2D eigenvalue weighted by atomic mass is 10.0. The lowest BCUT2D eigenvalue weighted by Crippen LogP contribution is -2.27. The molecule has 0 saturated heterocycles. The van der Waals surface area contributed by atoms with Crippen LogP contribution < -0.4 is 0 Å². The van der Waals surface area contributed by atoms with Gasteiger partial charge in [-0.15, -0.1) is 0 Å². The lowest BCUT2D eigenvalue weighted by Gasteiger charge is -2.24. The average Bonchev–Trinajstić information content (AvgIpc) is 2.27. The highest BCUT2D eigenvalue weighted by Crippen LogP contribution is 2.16. The van der Waals surface area contributed by atoms with Gasteiger partial charge >= 0.3 is 0 Å². The maximum Gasteiger partial charge on any atom is 0.180 e. The molecule has 1 aliphatic rings. The van der Waals surface area contributed by atoms with E-state index in [1.165, 1.54) is 5.56 Å². The second-order valence-electron chi connectivity index (χ2n) is 4.07. The average molecular weight is 204 g/mol. The number of fused-ring (bicyclic) bond motifs is 1. The molecule has 0 unspecified atom stereocenters. The molecule has 0 aliphatic carbocycles. The minimum absolute atomic E-state index is 0.136. The highest BCUT2D eigenvalue weighted by Gasteiger charge is 2.15. The van der Waals surface area contributed by atoms with Gasteiger partial charge in [-0.25, -0.2) is 4.98 Å². The normalized spacial score (nSPS) is 16.1. The predicted octanol–water partition coefficient (Wildman–Crippen LogP) is 1.66. The van der Waals surface area contributed by atoms with Crippen LogP contribution in [-0.2, 0) is 13.0 Å². The van der Waals surface area contributed by atoms with Gasteiger partial charge in [0.2, 0.25) is 0 Å². The number of aromatic nitrogens is 1. The molecule has 0 N–H and O–H groups in total. The molecule has 2 rings (SSSR count). The van der Waals surface area contributed by atoms with Crippen molar-refractivity contribution in [3.63, 3.8) is 0 Å². The highest BCUT2D eigenvalue weighted by atomic mass is 16.1. The smallest absolute Gasteiger partial charge is 0.180 e. The van der Waals surface area contributed by atoms with Crippen LogP contribution >= 0.6 is 0 Å². The Morgan fingerprint density at radius 1 is 1.53 bits per heavy atom. The number of rotatable bonds is 2. The molecule has 0 radical (unpaired) electrons. The van der Waals surface area contributed by atoms with Gasteiger partial charge < -0.3 is 4.90 Å². The predicted molar refractivity (Wildman–Crippen MR) is 58.9 cm³/mol. The first kappa shape index (κ1) is 10.3. The van der Waals surface area contributed by atoms with E-state index in [4.69, 9.17) is 0 Å². The van der Waals surface area contributed by atoms with Crippen molar-refractivity contribution in [2.24, 2.45) is 0 Å². The summed E-state index contributed by atoms with van der Waals surface area (Å²) in [7, 11) is 2.11. The molecule has 0 atom stereocenters. The number of Topliss-reactive ketones (excluding diaryl/α,β-unsaturated/α-hetero) is 1. The van der Waals surface area contributed by atoms with Crippen molar-refractivity contribution in [3.05, 3.63) is 29.1 Å². The van der Waals surface area contributed by atoms with Crippen LogP contribution in [0, 0.1) is 0 Å². The number of likely N-dealkylation sites (N-methyl/N-ethyl adjacent to an activating group) is 1. The van der Waals surface area contributed by atoms with Crippen molar-refractivity contribution >= 4 is 5.78 Å². The summed E-state index contributed by atoms with van der Waals surface area (Å²) in [5, 5.41) is 0. The third-order valence-corrected chi connectivity index (χ3v) is 2.85. The Morgan fingerprint density at radius 3 is 3.07 bits per heavy atom. The van der Waals surface area contributed by atoms with E-state index in [1.54, 1.807) is 0 Å². The Kier molecular flexibility index (Phi) is 2.82. The molecule has 1 aromatic heterocycles. The number of hydrogen-bond acceptors (Lipinski definition) is 3. The topological polar surface area (TPSA) is 33.2 Å². The van der Waals surface area contributed by atoms with E-state index in [-0.39, 0.29) is 5.78 Å². The molecule has 0 saturated carbocycles. The molecule has 1 aromatic rings. The third kappa shape index (κ3) is 2.07. The third-order valence-electron chi connectivity index (χ3n) is 2.85. The van der Waals surface area contributed by atoms with Gasteiger partial charge in [-0.05, 0) is 18.7 Å². The fraction of sp³-hybridized carbons (Fsp3) is 0.500. The molecule has 3 heteroatoms. The van der Waals surface area contributed by atoms with Crippen molar-refractivity contribution < 1.29 is 4.79 Å². The van der Waals surface area contributed by atoms with E-state index in [0.29, 0.717) is 12.1 Å². The summed E-state index contributed by atoms with van der Waals surface area (Å²) >= 11 is 0. The van der Waals surface area contributed by atoms with E-state index in [1.807, 2.05) is 19.1 Å². The van der Waals surface area contributed by atoms with Gasteiger partial charge in [-0.3, -0.25) is 4.79 Å². The quantitative estimate of drug-likeness (QED) is 0.687. The molecular weight excluding hydrogens is 188 g/mol. The first-order valence-corrected chi connectivity index (χ1v) is 5.41. The maximum atomic E-state index is 11.5. The van der Waals surface area contributed by atoms with Gasteiger partial charge in [0, 0.05) is 31.6 Å². The zero-order valence-electron chi connectivity index (χ0n) is 9.29. The van der Waals surface area contributed by atoms with Gasteiger partial charge in [0.25, 0.3) is 0 Å². The van der Waals surface area contributed by atoms with Crippen LogP contribution in [0.4, 0.5) is 0 Å². The Balaban J connectivity index is 2.30. The molecule has 80 valence electrons. The zero-order chi connectivity index (χ0) is 10.8. The summed E-state index contributed by atoms with van der Waals surface area (Å²) in [4.78, 5) is 18.2. The fourth-order valence-corrected chi connectivity index (χ4v) is 1.89. The van der Waals surface area contributed by atoms with Crippen molar-refractivity contribution in [2.45, 2.75) is 26.3 Å². The van der Waals surface area contributed by atoms with E-state index < -0.39 is 0 Å². The SMILES string of the molecule is CCC(=O)c1ccc2c(n1)CCN(C)C2. The van der Waals surface area contributed by atoms with Crippen LogP contribution in [0.5, 0.6) is 0 Å². The van der Waals surface area contributed by atoms with Gasteiger partial charge in [0.1, 0.15) is 5.69 Å². The molecule has 15 heavy (non-hydrogen) atoms. The molecule has 0 aromatic carbocycles. The van der Waals surface area contributed by atoms with Crippen molar-refractivity contribution in [1.82, 2.24) is 9.88 Å². The number of nitrogens with zero attached hydrogens (tertiary/aromatic N) is 2. The summed E-state index contributed by atoms with van der Waals surface area (Å²) in [6.07, 6.45) is 1.49. The Labute approximate surface area is 90.1 Å². The van der Waals surface area contributed by atoms with Crippen LogP contribution in [0.1, 0.15) is 35.1 Å². The standard InChI is InChI=1S/C12H16N2O/c1-3-12(15)11-5-4-9-8-14(2)7-6-10(9)13-11/h4-5H,3,6-8H2,1-2H3. The molecule has 0 fully saturated rings. The largest absolute Gasteiger partial charge is 0.302 e. The van der Waals surface area contributed by atoms with Gasteiger partial charge in [0.05, 0.1) is 0 Å². The first-order chi connectivity index (χ1) is 7.20. The molecule has 2 heterocycles. The highest BCUT2D eigenvalue weighted by molar-refractivity contribution is 5.94. The summed E-state index contributed by atoms with van der Waals surface area (Å²) in [6, 6.07) is 3.89. The zero-order valence-corrected chi connectivity index (χ0v) is 9.29. The Morgan fingerprint density at radius 2 is 2.33 bits per heavy atom. The van der Waals surface area contributed by atoms with Crippen LogP contribution in [0.15, 0.2) is 12.1 Å². The van der Waals surface area contributed by atoms with Gasteiger partial charge in [-0.2, -0.15) is 0 Å². The molecule has 0 spiro atoms. The second kappa shape index (κ2) is 4.11. The van der Waals surface area contributed by atoms with E-state index >= 15 is 0 Å². The van der Waals surface area contributed by atoms with E-state index in [9.17, 15) is 4.79 Å². The van der Waals surface area contributed by atoms with Crippen LogP contribution in [0.25, 0.3) is 0 Å². The summed E-state index contributed by atoms with van der Waals surface area (Å²) in [6.45, 7) is 3.85. The van der Waals surface area contributed by atoms with Crippen molar-refractivity contribution in [3.8, 4) is 0 Å². The maximum absolute atomic E-state index is 11.5. The van der Waals surface area contributed by atoms with Crippen LogP contribution in [0.3, 0.4) is 0 Å². The summed E-state index contributed by atoms with van der Waals surface area (Å²) < 4.78 is 0. The van der Waals surface area contributed by atoms with E-state index in [0.717, 1.165) is 25.2 Å². The second-order valence-corrected chi connectivity index (χ2v) is 4.07. The first-order valence-electron chi connectivity index (χ1n) is 5.41. The minimum Gasteiger partial charge on any atom is -0.302 e. The van der Waals surface area contributed by atoms with Crippen molar-refractivity contribution in [2.75, 3.05) is 13.6 Å². The molecule has 1 aliphatic heterocycles. The lowest BCUT2D eigenvalue weighted by molar-refractivity contribution is 0.0983. The molecule has 0 bridgehead atoms. The Hall–Kier alpha value is -1.22. The number of carbonyl (C=O) groups is 1. The summed E-state index contributed by atoms with van der Waals surface area (Å²) in [5.41, 5.74) is 2.99. The fourth-order valence-electron chi connectivity index (χ4n) is 1.89. The molecule has 3 nitrogen and oxygen atoms in total. The minimum atomic E-state index is 0.136. The molecule has 0 amide bonds. The van der Waals surface area contributed by atoms with Gasteiger partial charge in [0.15, 0.2) is 5.78 Å². The Bertz CT molecular complexity index is 387. The van der Waals surface area contributed by atoms with E-state index in [2.05, 4.69) is 16.9 Å².